The summed E-state index contributed by atoms with van der Waals surface area (Å²) in [5.41, 5.74) is 0.602. The standard InChI is InChI=1S/C17H15ClO6S/c1-22-15-11-12(8-10-17(19)23-2)7-9-14(15)24-25(20,21)16-6-4-3-5-13(16)18/h3-11H,1-2H3. The van der Waals surface area contributed by atoms with E-state index in [2.05, 4.69) is 4.74 Å². The molecule has 0 aromatic heterocycles. The van der Waals surface area contributed by atoms with E-state index in [9.17, 15) is 13.2 Å². The molecule has 2 rings (SSSR count). The van der Waals surface area contributed by atoms with Crippen molar-refractivity contribution < 1.29 is 26.9 Å². The Hall–Kier alpha value is -2.51. The molecule has 6 nitrogen and oxygen atoms in total. The summed E-state index contributed by atoms with van der Waals surface area (Å²) in [5.74, 6) is -0.333. The highest BCUT2D eigenvalue weighted by atomic mass is 35.5. The summed E-state index contributed by atoms with van der Waals surface area (Å²) in [6.45, 7) is 0. The molecule has 0 aliphatic heterocycles. The van der Waals surface area contributed by atoms with E-state index in [-0.39, 0.29) is 21.4 Å². The number of hydrogen-bond acceptors (Lipinski definition) is 6. The third kappa shape index (κ3) is 4.74. The normalized spacial score (nSPS) is 11.3. The van der Waals surface area contributed by atoms with E-state index in [1.54, 1.807) is 18.2 Å². The van der Waals surface area contributed by atoms with Gasteiger partial charge in [0.25, 0.3) is 0 Å². The van der Waals surface area contributed by atoms with Crippen molar-refractivity contribution in [3.05, 3.63) is 59.1 Å². The van der Waals surface area contributed by atoms with Crippen molar-refractivity contribution in [2.24, 2.45) is 0 Å². The molecule has 8 heteroatoms. The minimum absolute atomic E-state index is 0.00219. The quantitative estimate of drug-likeness (QED) is 0.433. The van der Waals surface area contributed by atoms with E-state index >= 15 is 0 Å². The summed E-state index contributed by atoms with van der Waals surface area (Å²) in [6.07, 6.45) is 2.73. The third-order valence-electron chi connectivity index (χ3n) is 3.11. The zero-order valence-corrected chi connectivity index (χ0v) is 15.0. The molecule has 2 aromatic rings. The Balaban J connectivity index is 2.32. The first-order chi connectivity index (χ1) is 11.9. The lowest BCUT2D eigenvalue weighted by atomic mass is 10.2. The summed E-state index contributed by atoms with van der Waals surface area (Å²) in [5, 5.41) is 0.0547. The second-order valence-electron chi connectivity index (χ2n) is 4.73. The second-order valence-corrected chi connectivity index (χ2v) is 6.66. The molecule has 0 saturated carbocycles. The number of benzene rings is 2. The monoisotopic (exact) mass is 382 g/mol. The molecule has 0 bridgehead atoms. The van der Waals surface area contributed by atoms with Crippen LogP contribution >= 0.6 is 11.6 Å². The van der Waals surface area contributed by atoms with Gasteiger partial charge in [-0.2, -0.15) is 8.42 Å². The van der Waals surface area contributed by atoms with Crippen molar-refractivity contribution in [2.45, 2.75) is 4.90 Å². The fourth-order valence-corrected chi connectivity index (χ4v) is 3.33. The molecule has 0 aliphatic carbocycles. The Morgan fingerprint density at radius 2 is 1.80 bits per heavy atom. The van der Waals surface area contributed by atoms with Gasteiger partial charge in [0.05, 0.1) is 19.2 Å². The van der Waals surface area contributed by atoms with Gasteiger partial charge in [0.2, 0.25) is 0 Å². The summed E-state index contributed by atoms with van der Waals surface area (Å²) < 4.78 is 39.6. The lowest BCUT2D eigenvalue weighted by Crippen LogP contribution is -2.11. The van der Waals surface area contributed by atoms with Gasteiger partial charge in [0, 0.05) is 6.08 Å². The van der Waals surface area contributed by atoms with E-state index in [0.717, 1.165) is 0 Å². The van der Waals surface area contributed by atoms with Gasteiger partial charge < -0.3 is 13.7 Å². The molecule has 2 aromatic carbocycles. The topological polar surface area (TPSA) is 78.9 Å². The van der Waals surface area contributed by atoms with Crippen molar-refractivity contribution in [1.82, 2.24) is 0 Å². The van der Waals surface area contributed by atoms with E-state index in [0.29, 0.717) is 5.56 Å². The molecule has 0 unspecified atom stereocenters. The summed E-state index contributed by atoms with van der Waals surface area (Å²) in [6, 6.07) is 10.5. The first-order valence-corrected chi connectivity index (χ1v) is 8.79. The zero-order valence-electron chi connectivity index (χ0n) is 13.4. The van der Waals surface area contributed by atoms with Crippen LogP contribution in [0.2, 0.25) is 5.02 Å². The molecule has 0 atom stereocenters. The Morgan fingerprint density at radius 3 is 2.44 bits per heavy atom. The number of methoxy groups -OCH3 is 2. The van der Waals surface area contributed by atoms with Crippen LogP contribution in [0.15, 0.2) is 53.4 Å². The minimum Gasteiger partial charge on any atom is -0.493 e. The van der Waals surface area contributed by atoms with Crippen molar-refractivity contribution in [3.63, 3.8) is 0 Å². The first-order valence-electron chi connectivity index (χ1n) is 7.00. The second kappa shape index (κ2) is 8.04. The molecule has 0 heterocycles. The number of hydrogen-bond donors (Lipinski definition) is 0. The molecule has 132 valence electrons. The number of ether oxygens (including phenoxy) is 2. The Labute approximate surface area is 150 Å². The Bertz CT molecular complexity index is 905. The predicted molar refractivity (Wildman–Crippen MR) is 93.3 cm³/mol. The van der Waals surface area contributed by atoms with Crippen LogP contribution in [0.1, 0.15) is 5.56 Å². The largest absolute Gasteiger partial charge is 0.493 e. The summed E-state index contributed by atoms with van der Waals surface area (Å²) >= 11 is 5.92. The summed E-state index contributed by atoms with van der Waals surface area (Å²) in [7, 11) is -1.48. The summed E-state index contributed by atoms with van der Waals surface area (Å²) in [4.78, 5) is 11.0. The van der Waals surface area contributed by atoms with Crippen LogP contribution in [-0.2, 0) is 19.6 Å². The smallest absolute Gasteiger partial charge is 0.340 e. The van der Waals surface area contributed by atoms with Crippen LogP contribution < -0.4 is 8.92 Å². The van der Waals surface area contributed by atoms with Crippen LogP contribution in [0.4, 0.5) is 0 Å². The van der Waals surface area contributed by atoms with Gasteiger partial charge in [0.15, 0.2) is 11.5 Å². The van der Waals surface area contributed by atoms with Crippen LogP contribution in [0.25, 0.3) is 6.08 Å². The molecule has 0 N–H and O–H groups in total. The maximum Gasteiger partial charge on any atom is 0.340 e. The van der Waals surface area contributed by atoms with Crippen LogP contribution in [0, 0.1) is 0 Å². The fraction of sp³-hybridized carbons (Fsp3) is 0.118. The third-order valence-corrected chi connectivity index (χ3v) is 4.84. The lowest BCUT2D eigenvalue weighted by molar-refractivity contribution is -0.134. The molecule has 0 radical (unpaired) electrons. The van der Waals surface area contributed by atoms with Gasteiger partial charge >= 0.3 is 16.1 Å². The molecule has 0 amide bonds. The average Bonchev–Trinajstić information content (AvgIpc) is 2.60. The van der Waals surface area contributed by atoms with E-state index in [1.165, 1.54) is 50.6 Å². The number of carbonyl (C=O) groups excluding carboxylic acids is 1. The molecule has 0 saturated heterocycles. The van der Waals surface area contributed by atoms with Crippen LogP contribution in [0.3, 0.4) is 0 Å². The molecular formula is C17H15ClO6S. The van der Waals surface area contributed by atoms with E-state index in [1.807, 2.05) is 0 Å². The fourth-order valence-electron chi connectivity index (χ4n) is 1.90. The molecule has 25 heavy (non-hydrogen) atoms. The minimum atomic E-state index is -4.12. The van der Waals surface area contributed by atoms with E-state index < -0.39 is 16.1 Å². The van der Waals surface area contributed by atoms with Gasteiger partial charge in [-0.25, -0.2) is 4.79 Å². The molecule has 0 spiro atoms. The average molecular weight is 383 g/mol. The number of carbonyl (C=O) groups is 1. The highest BCUT2D eigenvalue weighted by molar-refractivity contribution is 7.87. The number of rotatable bonds is 6. The number of halogens is 1. The van der Waals surface area contributed by atoms with Gasteiger partial charge in [-0.3, -0.25) is 0 Å². The van der Waals surface area contributed by atoms with Crippen molar-refractivity contribution in [1.29, 1.82) is 0 Å². The van der Waals surface area contributed by atoms with Gasteiger partial charge in [-0.1, -0.05) is 29.8 Å². The Morgan fingerprint density at radius 1 is 1.08 bits per heavy atom. The van der Waals surface area contributed by atoms with Crippen molar-refractivity contribution >= 4 is 33.8 Å². The van der Waals surface area contributed by atoms with Gasteiger partial charge in [-0.05, 0) is 35.9 Å². The predicted octanol–water partition coefficient (Wildman–Crippen LogP) is 3.30. The maximum absolute atomic E-state index is 12.4. The highest BCUT2D eigenvalue weighted by Crippen LogP contribution is 2.32. The highest BCUT2D eigenvalue weighted by Gasteiger charge is 2.21. The molecular weight excluding hydrogens is 368 g/mol. The first kappa shape index (κ1) is 18.8. The van der Waals surface area contributed by atoms with Gasteiger partial charge in [0.1, 0.15) is 4.90 Å². The van der Waals surface area contributed by atoms with E-state index in [4.69, 9.17) is 20.5 Å². The lowest BCUT2D eigenvalue weighted by Gasteiger charge is -2.12. The Kier molecular flexibility index (Phi) is 6.06. The van der Waals surface area contributed by atoms with Crippen molar-refractivity contribution in [3.8, 4) is 11.5 Å². The van der Waals surface area contributed by atoms with Crippen LogP contribution in [0.5, 0.6) is 11.5 Å². The van der Waals surface area contributed by atoms with Crippen molar-refractivity contribution in [2.75, 3.05) is 14.2 Å². The van der Waals surface area contributed by atoms with Gasteiger partial charge in [-0.15, -0.1) is 0 Å². The molecule has 0 fully saturated rings. The SMILES string of the molecule is COC(=O)C=Cc1ccc(OS(=O)(=O)c2ccccc2Cl)c(OC)c1. The zero-order chi connectivity index (χ0) is 18.4. The maximum atomic E-state index is 12.4. The molecule has 0 aliphatic rings. The van der Waals surface area contributed by atoms with Crippen LogP contribution in [-0.4, -0.2) is 28.6 Å². The number of esters is 1.